The Bertz CT molecular complexity index is 550. The van der Waals surface area contributed by atoms with Gasteiger partial charge in [-0.2, -0.15) is 0 Å². The highest BCUT2D eigenvalue weighted by Gasteiger charge is 2.34. The van der Waals surface area contributed by atoms with Crippen molar-refractivity contribution >= 4 is 11.8 Å². The minimum absolute atomic E-state index is 0.0605. The summed E-state index contributed by atoms with van der Waals surface area (Å²) in [5.41, 5.74) is 1.11. The fraction of sp³-hybridized carbons (Fsp3) is 0.600. The number of carbonyl (C=O) groups excluding carboxylic acids is 2. The molecule has 1 aromatic rings. The second-order valence-electron chi connectivity index (χ2n) is 7.13. The zero-order valence-corrected chi connectivity index (χ0v) is 14.4. The van der Waals surface area contributed by atoms with Crippen molar-refractivity contribution in [2.75, 3.05) is 6.54 Å². The van der Waals surface area contributed by atoms with Gasteiger partial charge >= 0.3 is 0 Å². The van der Waals surface area contributed by atoms with Crippen molar-refractivity contribution in [2.24, 2.45) is 5.92 Å². The van der Waals surface area contributed by atoms with Gasteiger partial charge in [-0.15, -0.1) is 0 Å². The number of amides is 2. The number of piperidine rings is 1. The van der Waals surface area contributed by atoms with Gasteiger partial charge in [-0.05, 0) is 24.8 Å². The van der Waals surface area contributed by atoms with Crippen LogP contribution >= 0.6 is 0 Å². The van der Waals surface area contributed by atoms with Crippen molar-refractivity contribution in [3.05, 3.63) is 35.9 Å². The predicted molar refractivity (Wildman–Crippen MR) is 94.2 cm³/mol. The van der Waals surface area contributed by atoms with Gasteiger partial charge in [0.05, 0.1) is 5.92 Å². The summed E-state index contributed by atoms with van der Waals surface area (Å²) >= 11 is 0. The van der Waals surface area contributed by atoms with Gasteiger partial charge in [-0.25, -0.2) is 0 Å². The highest BCUT2D eigenvalue weighted by molar-refractivity contribution is 5.84. The van der Waals surface area contributed by atoms with E-state index in [9.17, 15) is 9.59 Å². The number of nitrogens with one attached hydrogen (secondary N) is 1. The Kier molecular flexibility index (Phi) is 5.89. The first-order valence-electron chi connectivity index (χ1n) is 9.35. The van der Waals surface area contributed by atoms with E-state index in [2.05, 4.69) is 5.32 Å². The molecule has 2 aliphatic rings. The molecule has 24 heavy (non-hydrogen) atoms. The average Bonchev–Trinajstić information content (AvgIpc) is 2.90. The third-order valence-electron chi connectivity index (χ3n) is 5.39. The van der Waals surface area contributed by atoms with Gasteiger partial charge in [-0.1, -0.05) is 56.0 Å². The molecule has 0 aromatic heterocycles. The summed E-state index contributed by atoms with van der Waals surface area (Å²) in [5, 5.41) is 3.04. The molecule has 0 bridgehead atoms. The van der Waals surface area contributed by atoms with E-state index in [4.69, 9.17) is 0 Å². The van der Waals surface area contributed by atoms with Gasteiger partial charge in [0.25, 0.3) is 0 Å². The number of benzene rings is 1. The quantitative estimate of drug-likeness (QED) is 0.863. The number of nitrogens with zero attached hydrogens (tertiary/aromatic N) is 1. The normalized spacial score (nSPS) is 22.9. The summed E-state index contributed by atoms with van der Waals surface area (Å²) in [4.78, 5) is 26.9. The lowest BCUT2D eigenvalue weighted by Crippen LogP contribution is -2.49. The Morgan fingerprint density at radius 1 is 1.04 bits per heavy atom. The molecule has 1 atom stereocenters. The standard InChI is InChI=1S/C20H28N2O2/c23-19-13-12-17(15-22(19)18-10-6-1-2-7-11-18)20(24)21-14-16-8-4-3-5-9-16/h3-5,8-9,17-18H,1-2,6-7,10-15H2,(H,21,24)/t17-/m0/s1. The lowest BCUT2D eigenvalue weighted by molar-refractivity contribution is -0.141. The van der Waals surface area contributed by atoms with Crippen molar-refractivity contribution in [3.63, 3.8) is 0 Å². The molecule has 1 heterocycles. The number of likely N-dealkylation sites (tertiary alicyclic amines) is 1. The van der Waals surface area contributed by atoms with Gasteiger partial charge in [-0.3, -0.25) is 9.59 Å². The summed E-state index contributed by atoms with van der Waals surface area (Å²) in [6.45, 7) is 1.16. The fourth-order valence-corrected chi connectivity index (χ4v) is 3.94. The first kappa shape index (κ1) is 17.0. The molecule has 1 N–H and O–H groups in total. The Labute approximate surface area is 144 Å². The molecule has 0 spiro atoms. The number of hydrogen-bond acceptors (Lipinski definition) is 2. The Hall–Kier alpha value is -1.84. The van der Waals surface area contributed by atoms with E-state index in [1.807, 2.05) is 35.2 Å². The summed E-state index contributed by atoms with van der Waals surface area (Å²) in [5.74, 6) is 0.272. The van der Waals surface area contributed by atoms with Gasteiger partial charge < -0.3 is 10.2 Å². The molecule has 2 fully saturated rings. The van der Waals surface area contributed by atoms with E-state index in [-0.39, 0.29) is 17.7 Å². The fourth-order valence-electron chi connectivity index (χ4n) is 3.94. The van der Waals surface area contributed by atoms with Gasteiger partial charge in [0.1, 0.15) is 0 Å². The zero-order chi connectivity index (χ0) is 16.8. The molecule has 2 amide bonds. The molecule has 3 rings (SSSR count). The lowest BCUT2D eigenvalue weighted by Gasteiger charge is -2.37. The second-order valence-corrected chi connectivity index (χ2v) is 7.13. The molecule has 1 saturated carbocycles. The van der Waals surface area contributed by atoms with E-state index in [1.165, 1.54) is 25.7 Å². The van der Waals surface area contributed by atoms with Crippen molar-refractivity contribution in [1.29, 1.82) is 0 Å². The van der Waals surface area contributed by atoms with Crippen LogP contribution < -0.4 is 5.32 Å². The SMILES string of the molecule is O=C(NCc1ccccc1)[C@H]1CCC(=O)N(C2CCCCCC2)C1. The molecule has 1 aromatic carbocycles. The molecule has 4 heteroatoms. The van der Waals surface area contributed by atoms with Gasteiger partial charge in [0.15, 0.2) is 0 Å². The molecule has 4 nitrogen and oxygen atoms in total. The molecule has 1 aliphatic carbocycles. The highest BCUT2D eigenvalue weighted by Crippen LogP contribution is 2.27. The van der Waals surface area contributed by atoms with Crippen LogP contribution in [-0.2, 0) is 16.1 Å². The van der Waals surface area contributed by atoms with E-state index in [0.717, 1.165) is 18.4 Å². The van der Waals surface area contributed by atoms with E-state index < -0.39 is 0 Å². The van der Waals surface area contributed by atoms with Gasteiger partial charge in [0, 0.05) is 25.6 Å². The number of carbonyl (C=O) groups is 2. The van der Waals surface area contributed by atoms with Crippen LogP contribution in [0.15, 0.2) is 30.3 Å². The lowest BCUT2D eigenvalue weighted by atomic mass is 9.93. The minimum Gasteiger partial charge on any atom is -0.352 e. The van der Waals surface area contributed by atoms with Crippen LogP contribution in [0.5, 0.6) is 0 Å². The van der Waals surface area contributed by atoms with Crippen LogP contribution in [0.4, 0.5) is 0 Å². The summed E-state index contributed by atoms with van der Waals surface area (Å²) in [6.07, 6.45) is 8.37. The van der Waals surface area contributed by atoms with Crippen molar-refractivity contribution < 1.29 is 9.59 Å². The largest absolute Gasteiger partial charge is 0.352 e. The van der Waals surface area contributed by atoms with Crippen LogP contribution in [0.1, 0.15) is 56.9 Å². The van der Waals surface area contributed by atoms with Gasteiger partial charge in [0.2, 0.25) is 11.8 Å². The first-order chi connectivity index (χ1) is 11.7. The Balaban J connectivity index is 1.55. The van der Waals surface area contributed by atoms with Crippen LogP contribution in [0.2, 0.25) is 0 Å². The molecule has 0 unspecified atom stereocenters. The van der Waals surface area contributed by atoms with E-state index in [1.54, 1.807) is 0 Å². The smallest absolute Gasteiger partial charge is 0.225 e. The number of hydrogen-bond donors (Lipinski definition) is 1. The first-order valence-corrected chi connectivity index (χ1v) is 9.35. The number of rotatable bonds is 4. The Morgan fingerprint density at radius 3 is 2.46 bits per heavy atom. The molecule has 1 aliphatic heterocycles. The topological polar surface area (TPSA) is 49.4 Å². The molecular formula is C20H28N2O2. The van der Waals surface area contributed by atoms with Crippen LogP contribution in [-0.4, -0.2) is 29.3 Å². The maximum absolute atomic E-state index is 12.5. The van der Waals surface area contributed by atoms with Crippen molar-refractivity contribution in [3.8, 4) is 0 Å². The van der Waals surface area contributed by atoms with Crippen molar-refractivity contribution in [1.82, 2.24) is 10.2 Å². The summed E-state index contributed by atoms with van der Waals surface area (Å²) in [6, 6.07) is 10.3. The van der Waals surface area contributed by atoms with Crippen LogP contribution in [0.3, 0.4) is 0 Å². The zero-order valence-electron chi connectivity index (χ0n) is 14.4. The molecule has 1 saturated heterocycles. The third-order valence-corrected chi connectivity index (χ3v) is 5.39. The summed E-state index contributed by atoms with van der Waals surface area (Å²) in [7, 11) is 0. The minimum atomic E-state index is -0.0605. The third kappa shape index (κ3) is 4.37. The average molecular weight is 328 g/mol. The molecule has 130 valence electrons. The maximum Gasteiger partial charge on any atom is 0.225 e. The maximum atomic E-state index is 12.5. The highest BCUT2D eigenvalue weighted by atomic mass is 16.2. The Morgan fingerprint density at radius 2 is 1.75 bits per heavy atom. The van der Waals surface area contributed by atoms with Crippen molar-refractivity contribution in [2.45, 2.75) is 64.0 Å². The predicted octanol–water partition coefficient (Wildman–Crippen LogP) is 3.26. The second kappa shape index (κ2) is 8.32. The monoisotopic (exact) mass is 328 g/mol. The van der Waals surface area contributed by atoms with Crippen LogP contribution in [0.25, 0.3) is 0 Å². The summed E-state index contributed by atoms with van der Waals surface area (Å²) < 4.78 is 0. The van der Waals surface area contributed by atoms with Crippen LogP contribution in [0, 0.1) is 5.92 Å². The van der Waals surface area contributed by atoms with E-state index >= 15 is 0 Å². The molecular weight excluding hydrogens is 300 g/mol. The van der Waals surface area contributed by atoms with E-state index in [0.29, 0.717) is 32.0 Å². The molecule has 0 radical (unpaired) electrons.